The lowest BCUT2D eigenvalue weighted by Crippen LogP contribution is -2.01. The largest absolute Gasteiger partial charge is 0.385 e. The van der Waals surface area contributed by atoms with E-state index in [4.69, 9.17) is 5.26 Å². The SMILES string of the molecule is CCCCCNc1ccc(C#N)c(Br)c1. The van der Waals surface area contributed by atoms with Gasteiger partial charge in [0.15, 0.2) is 0 Å². The molecular formula is C12H15BrN2. The lowest BCUT2D eigenvalue weighted by molar-refractivity contribution is 0.744. The second-order valence-electron chi connectivity index (χ2n) is 3.44. The topological polar surface area (TPSA) is 35.8 Å². The van der Waals surface area contributed by atoms with Crippen LogP contribution in [0.5, 0.6) is 0 Å². The molecule has 0 aromatic heterocycles. The van der Waals surface area contributed by atoms with Crippen molar-refractivity contribution in [3.63, 3.8) is 0 Å². The first-order chi connectivity index (χ1) is 7.27. The van der Waals surface area contributed by atoms with Gasteiger partial charge in [0.25, 0.3) is 0 Å². The molecule has 0 aliphatic heterocycles. The molecular weight excluding hydrogens is 252 g/mol. The summed E-state index contributed by atoms with van der Waals surface area (Å²) in [7, 11) is 0. The standard InChI is InChI=1S/C12H15BrN2/c1-2-3-4-7-15-11-6-5-10(9-14)12(13)8-11/h5-6,8,15H,2-4,7H2,1H3. The Labute approximate surface area is 99.4 Å². The average molecular weight is 267 g/mol. The number of nitrogens with one attached hydrogen (secondary N) is 1. The fraction of sp³-hybridized carbons (Fsp3) is 0.417. The molecule has 0 radical (unpaired) electrons. The van der Waals surface area contributed by atoms with Crippen molar-refractivity contribution in [2.45, 2.75) is 26.2 Å². The van der Waals surface area contributed by atoms with Crippen molar-refractivity contribution in [3.8, 4) is 6.07 Å². The van der Waals surface area contributed by atoms with E-state index in [0.29, 0.717) is 5.56 Å². The number of anilines is 1. The number of halogens is 1. The molecule has 1 N–H and O–H groups in total. The molecule has 2 nitrogen and oxygen atoms in total. The lowest BCUT2D eigenvalue weighted by Gasteiger charge is -2.06. The van der Waals surface area contributed by atoms with Crippen molar-refractivity contribution < 1.29 is 0 Å². The van der Waals surface area contributed by atoms with E-state index in [2.05, 4.69) is 34.2 Å². The first-order valence-electron chi connectivity index (χ1n) is 5.21. The molecule has 1 rings (SSSR count). The lowest BCUT2D eigenvalue weighted by atomic mass is 10.2. The first kappa shape index (κ1) is 12.1. The Morgan fingerprint density at radius 2 is 2.20 bits per heavy atom. The van der Waals surface area contributed by atoms with Crippen LogP contribution in [0.25, 0.3) is 0 Å². The highest BCUT2D eigenvalue weighted by molar-refractivity contribution is 9.10. The van der Waals surface area contributed by atoms with Gasteiger partial charge >= 0.3 is 0 Å². The predicted octanol–water partition coefficient (Wildman–Crippen LogP) is 3.92. The Balaban J connectivity index is 2.49. The van der Waals surface area contributed by atoms with Crippen LogP contribution in [0.4, 0.5) is 5.69 Å². The molecule has 1 aromatic rings. The number of benzene rings is 1. The highest BCUT2D eigenvalue weighted by Gasteiger charge is 1.99. The summed E-state index contributed by atoms with van der Waals surface area (Å²) < 4.78 is 0.852. The summed E-state index contributed by atoms with van der Waals surface area (Å²) in [6.45, 7) is 3.19. The molecule has 0 aliphatic carbocycles. The molecule has 0 spiro atoms. The Hall–Kier alpha value is -1.01. The molecule has 0 heterocycles. The van der Waals surface area contributed by atoms with Crippen LogP contribution in [0.15, 0.2) is 22.7 Å². The highest BCUT2D eigenvalue weighted by atomic mass is 79.9. The Bertz CT molecular complexity index is 355. The molecule has 15 heavy (non-hydrogen) atoms. The Morgan fingerprint density at radius 1 is 1.40 bits per heavy atom. The molecule has 0 saturated carbocycles. The van der Waals surface area contributed by atoms with E-state index in [1.165, 1.54) is 19.3 Å². The van der Waals surface area contributed by atoms with Gasteiger partial charge < -0.3 is 5.32 Å². The van der Waals surface area contributed by atoms with Crippen molar-refractivity contribution >= 4 is 21.6 Å². The summed E-state index contributed by atoms with van der Waals surface area (Å²) in [5.41, 5.74) is 1.74. The summed E-state index contributed by atoms with van der Waals surface area (Å²) in [6.07, 6.45) is 3.68. The van der Waals surface area contributed by atoms with Gasteiger partial charge in [-0.2, -0.15) is 5.26 Å². The third-order valence-corrected chi connectivity index (χ3v) is 2.86. The predicted molar refractivity (Wildman–Crippen MR) is 66.9 cm³/mol. The molecule has 0 amide bonds. The van der Waals surface area contributed by atoms with Crippen LogP contribution in [0.3, 0.4) is 0 Å². The quantitative estimate of drug-likeness (QED) is 0.820. The van der Waals surface area contributed by atoms with Crippen LogP contribution < -0.4 is 5.32 Å². The fourth-order valence-corrected chi connectivity index (χ4v) is 1.79. The molecule has 0 atom stereocenters. The maximum atomic E-state index is 8.75. The average Bonchev–Trinajstić information content (AvgIpc) is 2.25. The number of nitrogens with zero attached hydrogens (tertiary/aromatic N) is 1. The minimum atomic E-state index is 0.675. The smallest absolute Gasteiger partial charge is 0.100 e. The van der Waals surface area contributed by atoms with Gasteiger partial charge in [-0.25, -0.2) is 0 Å². The van der Waals surface area contributed by atoms with E-state index in [0.717, 1.165) is 16.7 Å². The number of hydrogen-bond acceptors (Lipinski definition) is 2. The third kappa shape index (κ3) is 3.93. The minimum absolute atomic E-state index is 0.675. The Morgan fingerprint density at radius 3 is 2.80 bits per heavy atom. The van der Waals surface area contributed by atoms with Crippen molar-refractivity contribution in [2.75, 3.05) is 11.9 Å². The molecule has 80 valence electrons. The van der Waals surface area contributed by atoms with Crippen LogP contribution >= 0.6 is 15.9 Å². The molecule has 1 aromatic carbocycles. The normalized spacial score (nSPS) is 9.67. The minimum Gasteiger partial charge on any atom is -0.385 e. The van der Waals surface area contributed by atoms with Gasteiger partial charge in [0.1, 0.15) is 6.07 Å². The molecule has 0 aliphatic rings. The van der Waals surface area contributed by atoms with Crippen molar-refractivity contribution in [2.24, 2.45) is 0 Å². The van der Waals surface area contributed by atoms with Crippen molar-refractivity contribution in [1.29, 1.82) is 5.26 Å². The van der Waals surface area contributed by atoms with Gasteiger partial charge in [-0.3, -0.25) is 0 Å². The summed E-state index contributed by atoms with van der Waals surface area (Å²) in [4.78, 5) is 0. The number of unbranched alkanes of at least 4 members (excludes halogenated alkanes) is 2. The summed E-state index contributed by atoms with van der Waals surface area (Å²) >= 11 is 3.37. The van der Waals surface area contributed by atoms with Crippen LogP contribution in [0.1, 0.15) is 31.7 Å². The van der Waals surface area contributed by atoms with E-state index < -0.39 is 0 Å². The van der Waals surface area contributed by atoms with Crippen LogP contribution in [0.2, 0.25) is 0 Å². The van der Waals surface area contributed by atoms with E-state index in [9.17, 15) is 0 Å². The van der Waals surface area contributed by atoms with Crippen LogP contribution in [-0.2, 0) is 0 Å². The zero-order valence-corrected chi connectivity index (χ0v) is 10.5. The second kappa shape index (κ2) is 6.47. The maximum Gasteiger partial charge on any atom is 0.100 e. The zero-order chi connectivity index (χ0) is 11.1. The molecule has 0 bridgehead atoms. The monoisotopic (exact) mass is 266 g/mol. The first-order valence-corrected chi connectivity index (χ1v) is 6.00. The van der Waals surface area contributed by atoms with E-state index in [1.807, 2.05) is 18.2 Å². The molecule has 0 saturated heterocycles. The number of nitriles is 1. The number of hydrogen-bond donors (Lipinski definition) is 1. The van der Waals surface area contributed by atoms with Crippen molar-refractivity contribution in [3.05, 3.63) is 28.2 Å². The van der Waals surface area contributed by atoms with Gasteiger partial charge in [0.2, 0.25) is 0 Å². The van der Waals surface area contributed by atoms with Gasteiger partial charge in [-0.15, -0.1) is 0 Å². The molecule has 3 heteroatoms. The summed E-state index contributed by atoms with van der Waals surface area (Å²) in [6, 6.07) is 7.84. The van der Waals surface area contributed by atoms with E-state index in [-0.39, 0.29) is 0 Å². The zero-order valence-electron chi connectivity index (χ0n) is 8.89. The van der Waals surface area contributed by atoms with Crippen molar-refractivity contribution in [1.82, 2.24) is 0 Å². The van der Waals surface area contributed by atoms with Gasteiger partial charge in [0.05, 0.1) is 5.56 Å². The Kier molecular flexibility index (Phi) is 5.20. The molecule has 0 unspecified atom stereocenters. The summed E-state index contributed by atoms with van der Waals surface area (Å²) in [5.74, 6) is 0. The van der Waals surface area contributed by atoms with Gasteiger partial charge in [0, 0.05) is 16.7 Å². The maximum absolute atomic E-state index is 8.75. The fourth-order valence-electron chi connectivity index (χ4n) is 1.32. The van der Waals surface area contributed by atoms with Gasteiger partial charge in [-0.05, 0) is 40.5 Å². The molecule has 0 fully saturated rings. The summed E-state index contributed by atoms with van der Waals surface area (Å²) in [5, 5.41) is 12.1. The highest BCUT2D eigenvalue weighted by Crippen LogP contribution is 2.20. The second-order valence-corrected chi connectivity index (χ2v) is 4.29. The van der Waals surface area contributed by atoms with E-state index >= 15 is 0 Å². The van der Waals surface area contributed by atoms with E-state index in [1.54, 1.807) is 0 Å². The third-order valence-electron chi connectivity index (χ3n) is 2.20. The van der Waals surface area contributed by atoms with Gasteiger partial charge in [-0.1, -0.05) is 19.8 Å². The van der Waals surface area contributed by atoms with Crippen LogP contribution in [-0.4, -0.2) is 6.54 Å². The van der Waals surface area contributed by atoms with Crippen LogP contribution in [0, 0.1) is 11.3 Å². The number of rotatable bonds is 5.